The summed E-state index contributed by atoms with van der Waals surface area (Å²) >= 11 is 0. The topological polar surface area (TPSA) is 88.1 Å². The maximum atomic E-state index is 13.1. The lowest BCUT2D eigenvalue weighted by molar-refractivity contribution is 0.104. The molecule has 0 aliphatic carbocycles. The van der Waals surface area contributed by atoms with Gasteiger partial charge in [0.15, 0.2) is 32.8 Å². The van der Waals surface area contributed by atoms with Gasteiger partial charge in [0.05, 0.1) is 27.4 Å². The van der Waals surface area contributed by atoms with Gasteiger partial charge in [-0.3, -0.25) is 4.79 Å². The lowest BCUT2D eigenvalue weighted by atomic mass is 10.1. The van der Waals surface area contributed by atoms with Gasteiger partial charge < -0.3 is 18.9 Å². The third-order valence-corrected chi connectivity index (χ3v) is 5.24. The Morgan fingerprint density at radius 3 is 1.90 bits per heavy atom. The van der Waals surface area contributed by atoms with E-state index in [0.717, 1.165) is 6.26 Å². The Bertz CT molecular complexity index is 1040. The van der Waals surface area contributed by atoms with Crippen LogP contribution in [0.15, 0.2) is 41.3 Å². The SMILES string of the molecule is CCOc1cc(/C=C(/C(=O)c2ccc(OC)c(OCC)c2)S(C)(=O)=O)ccc1OC. The highest BCUT2D eigenvalue weighted by Gasteiger charge is 2.23. The summed E-state index contributed by atoms with van der Waals surface area (Å²) in [6.07, 6.45) is 2.32. The number of ketones is 1. The van der Waals surface area contributed by atoms with Crippen LogP contribution >= 0.6 is 0 Å². The molecule has 8 heteroatoms. The Morgan fingerprint density at radius 1 is 0.867 bits per heavy atom. The van der Waals surface area contributed by atoms with Crippen molar-refractivity contribution in [1.29, 1.82) is 0 Å². The second-order valence-electron chi connectivity index (χ2n) is 6.25. The van der Waals surface area contributed by atoms with Crippen LogP contribution in [0.1, 0.15) is 29.8 Å². The minimum Gasteiger partial charge on any atom is -0.493 e. The smallest absolute Gasteiger partial charge is 0.204 e. The number of carbonyl (C=O) groups excluding carboxylic acids is 1. The molecule has 0 aliphatic rings. The van der Waals surface area contributed by atoms with E-state index in [-0.39, 0.29) is 10.5 Å². The van der Waals surface area contributed by atoms with Gasteiger partial charge in [-0.1, -0.05) is 6.07 Å². The number of benzene rings is 2. The van der Waals surface area contributed by atoms with E-state index in [4.69, 9.17) is 18.9 Å². The van der Waals surface area contributed by atoms with Crippen LogP contribution in [-0.2, 0) is 9.84 Å². The number of carbonyl (C=O) groups is 1. The molecule has 0 amide bonds. The molecule has 0 bridgehead atoms. The molecule has 0 fully saturated rings. The quantitative estimate of drug-likeness (QED) is 0.415. The molecule has 7 nitrogen and oxygen atoms in total. The predicted molar refractivity (Wildman–Crippen MR) is 115 cm³/mol. The molecule has 0 spiro atoms. The van der Waals surface area contributed by atoms with E-state index in [0.29, 0.717) is 41.8 Å². The van der Waals surface area contributed by atoms with Crippen molar-refractivity contribution in [1.82, 2.24) is 0 Å². The van der Waals surface area contributed by atoms with Crippen LogP contribution in [0.4, 0.5) is 0 Å². The van der Waals surface area contributed by atoms with Crippen LogP contribution < -0.4 is 18.9 Å². The number of hydrogen-bond donors (Lipinski definition) is 0. The van der Waals surface area contributed by atoms with Gasteiger partial charge in [0.2, 0.25) is 5.78 Å². The normalized spacial score (nSPS) is 11.7. The van der Waals surface area contributed by atoms with Crippen LogP contribution in [0.2, 0.25) is 0 Å². The van der Waals surface area contributed by atoms with Gasteiger partial charge in [-0.2, -0.15) is 0 Å². The molecular formula is C22H26O7S. The average Bonchev–Trinajstić information content (AvgIpc) is 2.71. The fourth-order valence-corrected chi connectivity index (χ4v) is 3.58. The number of hydrogen-bond acceptors (Lipinski definition) is 7. The number of sulfone groups is 1. The highest BCUT2D eigenvalue weighted by atomic mass is 32.2. The minimum atomic E-state index is -3.82. The van der Waals surface area contributed by atoms with E-state index >= 15 is 0 Å². The number of Topliss-reactive ketones (excluding diaryl/α,β-unsaturated/α-hetero) is 1. The van der Waals surface area contributed by atoms with Gasteiger partial charge in [-0.25, -0.2) is 8.42 Å². The lowest BCUT2D eigenvalue weighted by Crippen LogP contribution is -2.13. The monoisotopic (exact) mass is 434 g/mol. The second kappa shape index (κ2) is 10.2. The van der Waals surface area contributed by atoms with Gasteiger partial charge in [-0.05, 0) is 55.8 Å². The van der Waals surface area contributed by atoms with Gasteiger partial charge in [0.25, 0.3) is 0 Å². The van der Waals surface area contributed by atoms with Crippen molar-refractivity contribution in [2.24, 2.45) is 0 Å². The molecule has 162 valence electrons. The van der Waals surface area contributed by atoms with Crippen LogP contribution in [0.25, 0.3) is 6.08 Å². The van der Waals surface area contributed by atoms with Gasteiger partial charge >= 0.3 is 0 Å². The van der Waals surface area contributed by atoms with Crippen molar-refractivity contribution in [2.75, 3.05) is 33.7 Å². The maximum Gasteiger partial charge on any atom is 0.204 e. The number of rotatable bonds is 10. The summed E-state index contributed by atoms with van der Waals surface area (Å²) in [4.78, 5) is 12.7. The zero-order valence-electron chi connectivity index (χ0n) is 17.7. The largest absolute Gasteiger partial charge is 0.493 e. The first-order valence-electron chi connectivity index (χ1n) is 9.33. The Labute approximate surface area is 177 Å². The van der Waals surface area contributed by atoms with Crippen LogP contribution in [-0.4, -0.2) is 47.9 Å². The number of ether oxygens (including phenoxy) is 4. The summed E-state index contributed by atoms with van der Waals surface area (Å²) in [6, 6.07) is 9.48. The summed E-state index contributed by atoms with van der Waals surface area (Å²) in [5.74, 6) is 1.14. The zero-order chi connectivity index (χ0) is 22.3. The van der Waals surface area contributed by atoms with Gasteiger partial charge in [-0.15, -0.1) is 0 Å². The molecule has 0 saturated carbocycles. The van der Waals surface area contributed by atoms with Crippen molar-refractivity contribution in [3.8, 4) is 23.0 Å². The van der Waals surface area contributed by atoms with Crippen molar-refractivity contribution in [2.45, 2.75) is 13.8 Å². The molecule has 2 aromatic rings. The molecule has 0 saturated heterocycles. The zero-order valence-corrected chi connectivity index (χ0v) is 18.5. The van der Waals surface area contributed by atoms with Crippen LogP contribution in [0.3, 0.4) is 0 Å². The van der Waals surface area contributed by atoms with Crippen molar-refractivity contribution >= 4 is 21.7 Å². The highest BCUT2D eigenvalue weighted by molar-refractivity contribution is 7.95. The van der Waals surface area contributed by atoms with Crippen molar-refractivity contribution in [3.05, 3.63) is 52.4 Å². The second-order valence-corrected chi connectivity index (χ2v) is 8.24. The minimum absolute atomic E-state index is 0.175. The summed E-state index contributed by atoms with van der Waals surface area (Å²) < 4.78 is 46.3. The first-order valence-corrected chi connectivity index (χ1v) is 11.2. The molecule has 2 rings (SSSR count). The molecule has 0 heterocycles. The fraction of sp³-hybridized carbons (Fsp3) is 0.318. The maximum absolute atomic E-state index is 13.1. The summed E-state index contributed by atoms with van der Waals surface area (Å²) in [5, 5.41) is 0. The van der Waals surface area contributed by atoms with E-state index in [2.05, 4.69) is 0 Å². The Kier molecular flexibility index (Phi) is 7.88. The molecule has 0 unspecified atom stereocenters. The predicted octanol–water partition coefficient (Wildman–Crippen LogP) is 3.77. The highest BCUT2D eigenvalue weighted by Crippen LogP contribution is 2.32. The molecule has 30 heavy (non-hydrogen) atoms. The number of allylic oxidation sites excluding steroid dienone is 1. The molecule has 0 aromatic heterocycles. The fourth-order valence-electron chi connectivity index (χ4n) is 2.77. The van der Waals surface area contributed by atoms with E-state index in [9.17, 15) is 13.2 Å². The first-order chi connectivity index (χ1) is 14.2. The molecule has 0 N–H and O–H groups in total. The Morgan fingerprint density at radius 2 is 1.40 bits per heavy atom. The van der Waals surface area contributed by atoms with E-state index < -0.39 is 15.6 Å². The molecular weight excluding hydrogens is 408 g/mol. The molecule has 0 radical (unpaired) electrons. The first kappa shape index (κ1) is 23.3. The summed E-state index contributed by atoms with van der Waals surface area (Å²) in [6.45, 7) is 4.41. The summed E-state index contributed by atoms with van der Waals surface area (Å²) in [5.41, 5.74) is 0.668. The molecule has 0 aliphatic heterocycles. The standard InChI is InChI=1S/C22H26O7S/c1-6-28-19-12-15(8-10-17(19)26-3)13-21(30(5,24)25)22(23)16-9-11-18(27-4)20(14-16)29-7-2/h8-14H,6-7H2,1-5H3/b21-13-. The number of methoxy groups -OCH3 is 2. The van der Waals surface area contributed by atoms with Crippen molar-refractivity contribution in [3.63, 3.8) is 0 Å². The van der Waals surface area contributed by atoms with E-state index in [1.54, 1.807) is 31.2 Å². The van der Waals surface area contributed by atoms with Gasteiger partial charge in [0.1, 0.15) is 4.91 Å². The van der Waals surface area contributed by atoms with Crippen LogP contribution in [0.5, 0.6) is 23.0 Å². The van der Waals surface area contributed by atoms with E-state index in [1.165, 1.54) is 32.4 Å². The molecule has 0 atom stereocenters. The summed E-state index contributed by atoms with van der Waals surface area (Å²) in [7, 11) is -0.825. The Balaban J connectivity index is 2.55. The third-order valence-electron chi connectivity index (χ3n) is 4.13. The van der Waals surface area contributed by atoms with Gasteiger partial charge in [0, 0.05) is 11.8 Å². The Hall–Kier alpha value is -3.00. The third kappa shape index (κ3) is 5.54. The average molecular weight is 435 g/mol. The van der Waals surface area contributed by atoms with Crippen molar-refractivity contribution < 1.29 is 32.2 Å². The van der Waals surface area contributed by atoms with Crippen LogP contribution in [0, 0.1) is 0 Å². The molecule has 2 aromatic carbocycles. The van der Waals surface area contributed by atoms with E-state index in [1.807, 2.05) is 6.92 Å². The lowest BCUT2D eigenvalue weighted by Gasteiger charge is -2.12.